The number of rotatable bonds is 10. The van der Waals surface area contributed by atoms with Crippen LogP contribution in [0.25, 0.3) is 21.8 Å². The van der Waals surface area contributed by atoms with E-state index in [-0.39, 0.29) is 22.9 Å². The molecular formula is C22H31BrN4O. The fourth-order valence-electron chi connectivity index (χ4n) is 3.54. The normalized spacial score (nSPS) is 10.9. The largest absolute Gasteiger partial charge is 0.351 e. The second kappa shape index (κ2) is 11.2. The lowest BCUT2D eigenvalue weighted by Gasteiger charge is -2.07. The topological polar surface area (TPSA) is 72.9 Å². The van der Waals surface area contributed by atoms with Gasteiger partial charge in [0.05, 0.1) is 11.7 Å². The van der Waals surface area contributed by atoms with Crippen molar-refractivity contribution < 1.29 is 4.79 Å². The molecule has 0 atom stereocenters. The van der Waals surface area contributed by atoms with Crippen molar-refractivity contribution in [3.8, 4) is 0 Å². The number of halogens is 1. The van der Waals surface area contributed by atoms with E-state index in [2.05, 4.69) is 40.0 Å². The summed E-state index contributed by atoms with van der Waals surface area (Å²) in [6.45, 7) is 4.59. The Morgan fingerprint density at radius 3 is 2.64 bits per heavy atom. The van der Waals surface area contributed by atoms with Gasteiger partial charge in [-0.3, -0.25) is 4.79 Å². The van der Waals surface area contributed by atoms with Gasteiger partial charge in [0.2, 0.25) is 0 Å². The van der Waals surface area contributed by atoms with Gasteiger partial charge in [0.1, 0.15) is 5.69 Å². The van der Waals surface area contributed by atoms with E-state index in [0.29, 0.717) is 12.2 Å². The Labute approximate surface area is 177 Å². The summed E-state index contributed by atoms with van der Waals surface area (Å²) < 4.78 is 2.32. The average Bonchev–Trinajstić information content (AvgIpc) is 3.02. The lowest BCUT2D eigenvalue weighted by molar-refractivity contribution is 0.0948. The molecule has 2 heterocycles. The number of aryl methyl sites for hydroxylation is 1. The Morgan fingerprint density at radius 1 is 1.07 bits per heavy atom. The second-order valence-electron chi connectivity index (χ2n) is 7.07. The van der Waals surface area contributed by atoms with Crippen LogP contribution < -0.4 is 11.1 Å². The molecule has 0 bridgehead atoms. The molecule has 1 amide bonds. The van der Waals surface area contributed by atoms with Crippen LogP contribution in [0.2, 0.25) is 0 Å². The number of amides is 1. The van der Waals surface area contributed by atoms with E-state index in [0.717, 1.165) is 62.5 Å². The zero-order valence-electron chi connectivity index (χ0n) is 16.6. The number of para-hydroxylation sites is 1. The van der Waals surface area contributed by atoms with Crippen LogP contribution in [-0.2, 0) is 6.54 Å². The number of aromatic nitrogens is 2. The number of hydrogen-bond acceptors (Lipinski definition) is 3. The summed E-state index contributed by atoms with van der Waals surface area (Å²) in [5.41, 5.74) is 8.30. The van der Waals surface area contributed by atoms with E-state index in [1.807, 2.05) is 18.3 Å². The van der Waals surface area contributed by atoms with Gasteiger partial charge in [-0.2, -0.15) is 0 Å². The summed E-state index contributed by atoms with van der Waals surface area (Å²) in [6.07, 6.45) is 8.36. The highest BCUT2D eigenvalue weighted by Crippen LogP contribution is 2.29. The molecule has 0 unspecified atom stereocenters. The van der Waals surface area contributed by atoms with E-state index < -0.39 is 0 Å². The van der Waals surface area contributed by atoms with Crippen molar-refractivity contribution in [2.24, 2.45) is 5.73 Å². The highest BCUT2D eigenvalue weighted by Gasteiger charge is 2.14. The summed E-state index contributed by atoms with van der Waals surface area (Å²) >= 11 is 0. The van der Waals surface area contributed by atoms with E-state index in [4.69, 9.17) is 5.73 Å². The van der Waals surface area contributed by atoms with E-state index in [9.17, 15) is 4.79 Å². The number of fused-ring (bicyclic) bond motifs is 3. The van der Waals surface area contributed by atoms with Crippen molar-refractivity contribution in [1.29, 1.82) is 0 Å². The standard InChI is InChI=1S/C22H30N4O.BrH/c1-2-3-14-26-20-11-7-6-10-17(20)18-15-19(25-16-21(18)26)22(27)24-13-9-5-4-8-12-23;/h6-7,10-11,15-16H,2-5,8-9,12-14,23H2,1H3,(H,24,27);1H. The molecule has 0 spiro atoms. The number of nitrogens with zero attached hydrogens (tertiary/aromatic N) is 2. The molecule has 0 fully saturated rings. The Balaban J connectivity index is 0.00000280. The van der Waals surface area contributed by atoms with Gasteiger partial charge >= 0.3 is 0 Å². The number of nitrogens with two attached hydrogens (primary N) is 1. The van der Waals surface area contributed by atoms with Crippen molar-refractivity contribution in [3.05, 3.63) is 42.2 Å². The number of nitrogens with one attached hydrogen (secondary N) is 1. The molecule has 152 valence electrons. The van der Waals surface area contributed by atoms with Crippen LogP contribution in [0, 0.1) is 0 Å². The molecule has 5 nitrogen and oxygen atoms in total. The molecule has 3 aromatic rings. The van der Waals surface area contributed by atoms with Crippen LogP contribution in [0.3, 0.4) is 0 Å². The molecule has 1 aromatic carbocycles. The first kappa shape index (κ1) is 22.4. The van der Waals surface area contributed by atoms with Crippen LogP contribution in [0.4, 0.5) is 0 Å². The number of carbonyl (C=O) groups excluding carboxylic acids is 1. The molecule has 3 rings (SSSR count). The van der Waals surface area contributed by atoms with Gasteiger partial charge in [-0.1, -0.05) is 44.4 Å². The Hall–Kier alpha value is -1.92. The molecule has 0 radical (unpaired) electrons. The lowest BCUT2D eigenvalue weighted by atomic mass is 10.1. The Kier molecular flexibility index (Phi) is 8.93. The zero-order valence-corrected chi connectivity index (χ0v) is 18.3. The van der Waals surface area contributed by atoms with Gasteiger partial charge in [-0.05, 0) is 37.9 Å². The van der Waals surface area contributed by atoms with Gasteiger partial charge < -0.3 is 15.6 Å². The monoisotopic (exact) mass is 446 g/mol. The Bertz CT molecular complexity index is 906. The fourth-order valence-corrected chi connectivity index (χ4v) is 3.54. The third kappa shape index (κ3) is 5.11. The maximum absolute atomic E-state index is 12.5. The first-order valence-electron chi connectivity index (χ1n) is 10.1. The van der Waals surface area contributed by atoms with Gasteiger partial charge in [0.15, 0.2) is 0 Å². The SMILES string of the molecule is Br.CCCCn1c2ccccc2c2cc(C(=O)NCCCCCCN)ncc21. The molecule has 0 saturated carbocycles. The van der Waals surface area contributed by atoms with E-state index in [1.54, 1.807) is 0 Å². The number of benzene rings is 1. The highest BCUT2D eigenvalue weighted by atomic mass is 79.9. The predicted molar refractivity (Wildman–Crippen MR) is 122 cm³/mol. The van der Waals surface area contributed by atoms with Crippen molar-refractivity contribution in [1.82, 2.24) is 14.9 Å². The molecule has 0 aliphatic carbocycles. The minimum Gasteiger partial charge on any atom is -0.351 e. The number of hydrogen-bond donors (Lipinski definition) is 2. The van der Waals surface area contributed by atoms with Crippen molar-refractivity contribution >= 4 is 44.7 Å². The minimum atomic E-state index is -0.0962. The highest BCUT2D eigenvalue weighted by molar-refractivity contribution is 8.93. The van der Waals surface area contributed by atoms with E-state index in [1.165, 1.54) is 10.9 Å². The summed E-state index contributed by atoms with van der Waals surface area (Å²) in [4.78, 5) is 16.9. The summed E-state index contributed by atoms with van der Waals surface area (Å²) in [7, 11) is 0. The van der Waals surface area contributed by atoms with Crippen LogP contribution in [0.15, 0.2) is 36.5 Å². The molecule has 6 heteroatoms. The van der Waals surface area contributed by atoms with Gasteiger partial charge in [-0.25, -0.2) is 4.98 Å². The number of unbranched alkanes of at least 4 members (excludes halogenated alkanes) is 4. The molecular weight excluding hydrogens is 416 g/mol. The van der Waals surface area contributed by atoms with Crippen molar-refractivity contribution in [3.63, 3.8) is 0 Å². The smallest absolute Gasteiger partial charge is 0.269 e. The maximum atomic E-state index is 12.5. The molecule has 0 aliphatic heterocycles. The van der Waals surface area contributed by atoms with Gasteiger partial charge in [-0.15, -0.1) is 17.0 Å². The summed E-state index contributed by atoms with van der Waals surface area (Å²) in [5.74, 6) is -0.0962. The zero-order chi connectivity index (χ0) is 19.1. The van der Waals surface area contributed by atoms with Gasteiger partial charge in [0.25, 0.3) is 5.91 Å². The summed E-state index contributed by atoms with van der Waals surface area (Å²) in [5, 5.41) is 5.27. The summed E-state index contributed by atoms with van der Waals surface area (Å²) in [6, 6.07) is 10.3. The quantitative estimate of drug-likeness (QED) is 0.438. The third-order valence-corrected chi connectivity index (χ3v) is 5.04. The minimum absolute atomic E-state index is 0. The lowest BCUT2D eigenvalue weighted by Crippen LogP contribution is -2.25. The maximum Gasteiger partial charge on any atom is 0.269 e. The van der Waals surface area contributed by atoms with E-state index >= 15 is 0 Å². The number of pyridine rings is 1. The molecule has 0 saturated heterocycles. The van der Waals surface area contributed by atoms with Crippen LogP contribution in [0.1, 0.15) is 55.9 Å². The van der Waals surface area contributed by atoms with Crippen LogP contribution in [0.5, 0.6) is 0 Å². The molecule has 2 aromatic heterocycles. The van der Waals surface area contributed by atoms with Crippen molar-refractivity contribution in [2.75, 3.05) is 13.1 Å². The molecule has 0 aliphatic rings. The first-order valence-corrected chi connectivity index (χ1v) is 10.1. The Morgan fingerprint density at radius 2 is 1.86 bits per heavy atom. The predicted octanol–water partition coefficient (Wildman–Crippen LogP) is 4.82. The molecule has 3 N–H and O–H groups in total. The average molecular weight is 447 g/mol. The van der Waals surface area contributed by atoms with Gasteiger partial charge in [0, 0.05) is 29.4 Å². The molecule has 28 heavy (non-hydrogen) atoms. The fraction of sp³-hybridized carbons (Fsp3) is 0.455. The first-order chi connectivity index (χ1) is 13.3. The van der Waals surface area contributed by atoms with Crippen LogP contribution >= 0.6 is 17.0 Å². The third-order valence-electron chi connectivity index (χ3n) is 5.04. The second-order valence-corrected chi connectivity index (χ2v) is 7.07. The number of carbonyl (C=O) groups is 1. The van der Waals surface area contributed by atoms with Crippen LogP contribution in [-0.4, -0.2) is 28.5 Å². The van der Waals surface area contributed by atoms with Crippen molar-refractivity contribution in [2.45, 2.75) is 52.0 Å².